The summed E-state index contributed by atoms with van der Waals surface area (Å²) in [5.74, 6) is 0. The Balaban J connectivity index is 2.46. The molecule has 0 atom stereocenters. The number of hydrogen-bond donors (Lipinski definition) is 0. The van der Waals surface area contributed by atoms with Crippen LogP contribution in [0.5, 0.6) is 0 Å². The molecule has 21 heavy (non-hydrogen) atoms. The van der Waals surface area contributed by atoms with Gasteiger partial charge >= 0.3 is 135 Å². The third kappa shape index (κ3) is 4.33. The van der Waals surface area contributed by atoms with Gasteiger partial charge in [0.05, 0.1) is 0 Å². The van der Waals surface area contributed by atoms with Gasteiger partial charge in [-0.25, -0.2) is 0 Å². The molecule has 2 aliphatic carbocycles. The zero-order valence-corrected chi connectivity index (χ0v) is 16.9. The van der Waals surface area contributed by atoms with Gasteiger partial charge in [0, 0.05) is 0 Å². The van der Waals surface area contributed by atoms with Crippen molar-refractivity contribution in [3.63, 3.8) is 0 Å². The molecule has 0 saturated heterocycles. The van der Waals surface area contributed by atoms with Crippen LogP contribution in [-0.4, -0.2) is 30.4 Å². The van der Waals surface area contributed by atoms with E-state index in [1.54, 1.807) is 0 Å². The number of allylic oxidation sites excluding steroid dienone is 8. The van der Waals surface area contributed by atoms with Crippen molar-refractivity contribution in [3.8, 4) is 0 Å². The first kappa shape index (κ1) is 17.0. The van der Waals surface area contributed by atoms with E-state index >= 15 is 0 Å². The van der Waals surface area contributed by atoms with Crippen molar-refractivity contribution >= 4 is 19.2 Å². The zero-order chi connectivity index (χ0) is 15.7. The molecule has 0 aromatic heterocycles. The first-order valence-electron chi connectivity index (χ1n) is 7.73. The van der Waals surface area contributed by atoms with E-state index in [1.807, 2.05) is 0 Å². The summed E-state index contributed by atoms with van der Waals surface area (Å²) in [5.41, 5.74) is -0.397. The SMILES string of the molecule is CC(C)(C)[O][Sn]([O]C(C)(C)C)([CH]1C=CC=C1)[CH]1C=CC=C1. The third-order valence-corrected chi connectivity index (χ3v) is 16.2. The molecule has 0 saturated carbocycles. The molecular weight excluding hydrogens is 367 g/mol. The molecule has 0 spiro atoms. The van der Waals surface area contributed by atoms with Gasteiger partial charge in [0.2, 0.25) is 0 Å². The molecular formula is C18H28O2Sn. The van der Waals surface area contributed by atoms with Crippen LogP contribution in [0.15, 0.2) is 48.6 Å². The third-order valence-electron chi connectivity index (χ3n) is 3.36. The van der Waals surface area contributed by atoms with Crippen LogP contribution in [0.3, 0.4) is 0 Å². The molecule has 0 radical (unpaired) electrons. The molecule has 2 nitrogen and oxygen atoms in total. The van der Waals surface area contributed by atoms with E-state index in [0.717, 1.165) is 0 Å². The number of hydrogen-bond acceptors (Lipinski definition) is 2. The van der Waals surface area contributed by atoms with Gasteiger partial charge in [0.1, 0.15) is 0 Å². The minimum absolute atomic E-state index is 0.199. The molecule has 0 heterocycles. The van der Waals surface area contributed by atoms with Gasteiger partial charge < -0.3 is 0 Å². The van der Waals surface area contributed by atoms with Crippen LogP contribution in [0.1, 0.15) is 41.5 Å². The van der Waals surface area contributed by atoms with E-state index in [9.17, 15) is 0 Å². The average molecular weight is 395 g/mol. The van der Waals surface area contributed by atoms with E-state index in [2.05, 4.69) is 90.2 Å². The summed E-state index contributed by atoms with van der Waals surface area (Å²) in [6, 6.07) is 0. The standard InChI is InChI=1S/2C5H5.2C4H9O.Sn/c2*1-2-4-5-3-1;2*1-4(2,3)5;/h2*1-5H;2*1-3H3;/q;;2*-1;+2. The summed E-state index contributed by atoms with van der Waals surface area (Å²) >= 11 is -3.48. The fourth-order valence-electron chi connectivity index (χ4n) is 2.87. The van der Waals surface area contributed by atoms with Gasteiger partial charge in [0.25, 0.3) is 0 Å². The first-order valence-corrected chi connectivity index (χ1v) is 13.4. The van der Waals surface area contributed by atoms with Crippen molar-refractivity contribution in [1.82, 2.24) is 0 Å². The Morgan fingerprint density at radius 2 is 0.905 bits per heavy atom. The van der Waals surface area contributed by atoms with Gasteiger partial charge in [-0.15, -0.1) is 0 Å². The van der Waals surface area contributed by atoms with Crippen molar-refractivity contribution in [2.75, 3.05) is 0 Å². The molecule has 0 fully saturated rings. The fourth-order valence-corrected chi connectivity index (χ4v) is 15.6. The monoisotopic (exact) mass is 396 g/mol. The van der Waals surface area contributed by atoms with Crippen molar-refractivity contribution < 1.29 is 6.15 Å². The van der Waals surface area contributed by atoms with Crippen molar-refractivity contribution in [3.05, 3.63) is 48.6 Å². The molecule has 0 aliphatic heterocycles. The first-order chi connectivity index (χ1) is 9.62. The Morgan fingerprint density at radius 3 is 1.14 bits per heavy atom. The average Bonchev–Trinajstić information content (AvgIpc) is 2.98. The van der Waals surface area contributed by atoms with Crippen LogP contribution in [0.2, 0.25) is 7.87 Å². The Hall–Kier alpha value is -0.321. The Bertz CT molecular complexity index is 416. The molecule has 0 amide bonds. The molecule has 3 heteroatoms. The maximum absolute atomic E-state index is 6.75. The van der Waals surface area contributed by atoms with Crippen LogP contribution < -0.4 is 0 Å². The second-order valence-corrected chi connectivity index (χ2v) is 16.8. The minimum atomic E-state index is -3.48. The fraction of sp³-hybridized carbons (Fsp3) is 0.556. The molecule has 0 aromatic carbocycles. The normalized spacial score (nSPS) is 20.1. The van der Waals surface area contributed by atoms with Gasteiger partial charge in [-0.1, -0.05) is 0 Å². The van der Waals surface area contributed by atoms with Crippen molar-refractivity contribution in [2.45, 2.75) is 60.6 Å². The molecule has 0 bridgehead atoms. The van der Waals surface area contributed by atoms with Crippen molar-refractivity contribution in [1.29, 1.82) is 0 Å². The molecule has 0 N–H and O–H groups in total. The summed E-state index contributed by atoms with van der Waals surface area (Å²) in [6.45, 7) is 12.8. The molecule has 2 aliphatic rings. The van der Waals surface area contributed by atoms with E-state index in [-0.39, 0.29) is 11.2 Å². The van der Waals surface area contributed by atoms with Gasteiger partial charge in [-0.2, -0.15) is 0 Å². The Kier molecular flexibility index (Phi) is 4.91. The molecule has 0 unspecified atom stereocenters. The summed E-state index contributed by atoms with van der Waals surface area (Å²) in [7, 11) is 0. The second kappa shape index (κ2) is 6.05. The Morgan fingerprint density at radius 1 is 0.619 bits per heavy atom. The van der Waals surface area contributed by atoms with E-state index < -0.39 is 19.2 Å². The van der Waals surface area contributed by atoms with Crippen LogP contribution in [0.4, 0.5) is 0 Å². The summed E-state index contributed by atoms with van der Waals surface area (Å²) in [4.78, 5) is 0. The quantitative estimate of drug-likeness (QED) is 0.621. The van der Waals surface area contributed by atoms with E-state index in [0.29, 0.717) is 7.87 Å². The zero-order valence-electron chi connectivity index (χ0n) is 14.1. The summed E-state index contributed by atoms with van der Waals surface area (Å²) in [6.07, 6.45) is 17.5. The van der Waals surface area contributed by atoms with Gasteiger partial charge in [0.15, 0.2) is 0 Å². The Labute approximate surface area is 134 Å². The number of rotatable bonds is 4. The van der Waals surface area contributed by atoms with Crippen LogP contribution in [0.25, 0.3) is 0 Å². The van der Waals surface area contributed by atoms with Crippen LogP contribution in [-0.2, 0) is 6.15 Å². The predicted molar refractivity (Wildman–Crippen MR) is 91.5 cm³/mol. The van der Waals surface area contributed by atoms with E-state index in [1.165, 1.54) is 0 Å². The predicted octanol–water partition coefficient (Wildman–Crippen LogP) is 5.05. The van der Waals surface area contributed by atoms with Gasteiger partial charge in [-0.3, -0.25) is 0 Å². The molecule has 0 aromatic rings. The molecule has 116 valence electrons. The van der Waals surface area contributed by atoms with Crippen molar-refractivity contribution in [2.24, 2.45) is 0 Å². The van der Waals surface area contributed by atoms with Crippen LogP contribution >= 0.6 is 0 Å². The second-order valence-electron chi connectivity index (χ2n) is 7.74. The summed E-state index contributed by atoms with van der Waals surface area (Å²) in [5, 5.41) is 0. The van der Waals surface area contributed by atoms with Gasteiger partial charge in [-0.05, 0) is 0 Å². The molecule has 2 rings (SSSR count). The maximum atomic E-state index is 6.75. The summed E-state index contributed by atoms with van der Waals surface area (Å²) < 4.78 is 14.1. The van der Waals surface area contributed by atoms with Crippen LogP contribution in [0, 0.1) is 0 Å². The van der Waals surface area contributed by atoms with E-state index in [4.69, 9.17) is 6.15 Å². The topological polar surface area (TPSA) is 18.5 Å².